The van der Waals surface area contributed by atoms with Crippen LogP contribution in [0.1, 0.15) is 31.1 Å². The molecular formula is C13H18N2O3. The van der Waals surface area contributed by atoms with E-state index in [9.17, 15) is 9.59 Å². The van der Waals surface area contributed by atoms with E-state index in [1.807, 2.05) is 0 Å². The van der Waals surface area contributed by atoms with Gasteiger partial charge in [0.15, 0.2) is 0 Å². The van der Waals surface area contributed by atoms with E-state index in [4.69, 9.17) is 10.8 Å². The molecule has 0 heterocycles. The third kappa shape index (κ3) is 2.68. The Bertz CT molecular complexity index is 453. The highest BCUT2D eigenvalue weighted by molar-refractivity contribution is 5.95. The molecule has 0 aliphatic rings. The monoisotopic (exact) mass is 250 g/mol. The van der Waals surface area contributed by atoms with Crippen molar-refractivity contribution >= 4 is 11.9 Å². The number of carbonyl (C=O) groups is 2. The number of hydrogen-bond acceptors (Lipinski definition) is 3. The van der Waals surface area contributed by atoms with Gasteiger partial charge in [0.25, 0.3) is 5.91 Å². The maximum absolute atomic E-state index is 11.9. The molecule has 0 aliphatic carbocycles. The number of benzene rings is 1. The van der Waals surface area contributed by atoms with Gasteiger partial charge >= 0.3 is 5.97 Å². The van der Waals surface area contributed by atoms with Gasteiger partial charge in [-0.1, -0.05) is 18.2 Å². The molecule has 0 saturated heterocycles. The Balaban J connectivity index is 2.91. The van der Waals surface area contributed by atoms with E-state index in [0.29, 0.717) is 5.56 Å². The molecule has 0 bridgehead atoms. The molecule has 5 nitrogen and oxygen atoms in total. The lowest BCUT2D eigenvalue weighted by atomic mass is 9.80. The smallest absolute Gasteiger partial charge is 0.312 e. The maximum atomic E-state index is 11.9. The summed E-state index contributed by atoms with van der Waals surface area (Å²) in [6, 6.07) is 8.52. The predicted molar refractivity (Wildman–Crippen MR) is 67.9 cm³/mol. The van der Waals surface area contributed by atoms with E-state index in [0.717, 1.165) is 0 Å². The van der Waals surface area contributed by atoms with Crippen LogP contribution in [0.25, 0.3) is 0 Å². The van der Waals surface area contributed by atoms with Gasteiger partial charge in [-0.15, -0.1) is 0 Å². The van der Waals surface area contributed by atoms with Crippen molar-refractivity contribution in [3.05, 3.63) is 35.9 Å². The molecule has 1 aromatic carbocycles. The number of carbonyl (C=O) groups excluding carboxylic acids is 1. The second kappa shape index (κ2) is 4.78. The summed E-state index contributed by atoms with van der Waals surface area (Å²) >= 11 is 0. The Hall–Kier alpha value is -1.88. The van der Waals surface area contributed by atoms with Crippen molar-refractivity contribution in [1.82, 2.24) is 5.32 Å². The molecule has 0 fully saturated rings. The fourth-order valence-electron chi connectivity index (χ4n) is 1.28. The minimum absolute atomic E-state index is 0.394. The zero-order chi connectivity index (χ0) is 14.0. The van der Waals surface area contributed by atoms with E-state index in [-0.39, 0.29) is 0 Å². The summed E-state index contributed by atoms with van der Waals surface area (Å²) in [4.78, 5) is 23.1. The molecule has 1 atom stereocenters. The summed E-state index contributed by atoms with van der Waals surface area (Å²) in [6.45, 7) is 4.43. The Morgan fingerprint density at radius 3 is 2.11 bits per heavy atom. The largest absolute Gasteiger partial charge is 0.481 e. The van der Waals surface area contributed by atoms with Crippen LogP contribution in [0.4, 0.5) is 0 Å². The van der Waals surface area contributed by atoms with Gasteiger partial charge in [-0.05, 0) is 32.9 Å². The average molecular weight is 250 g/mol. The van der Waals surface area contributed by atoms with Crippen LogP contribution in [0.3, 0.4) is 0 Å². The summed E-state index contributed by atoms with van der Waals surface area (Å²) in [5.41, 5.74) is 3.73. The Morgan fingerprint density at radius 2 is 1.67 bits per heavy atom. The Kier molecular flexibility index (Phi) is 3.76. The summed E-state index contributed by atoms with van der Waals surface area (Å²) in [7, 11) is 0. The van der Waals surface area contributed by atoms with E-state index < -0.39 is 23.0 Å². The molecule has 0 aromatic heterocycles. The molecule has 1 amide bonds. The van der Waals surface area contributed by atoms with Crippen LogP contribution in [0.15, 0.2) is 30.3 Å². The summed E-state index contributed by atoms with van der Waals surface area (Å²) in [5, 5.41) is 11.7. The van der Waals surface area contributed by atoms with E-state index >= 15 is 0 Å². The number of aliphatic carboxylic acids is 1. The zero-order valence-corrected chi connectivity index (χ0v) is 10.7. The van der Waals surface area contributed by atoms with Gasteiger partial charge in [-0.2, -0.15) is 0 Å². The highest BCUT2D eigenvalue weighted by atomic mass is 16.4. The highest BCUT2D eigenvalue weighted by Crippen LogP contribution is 2.27. The summed E-state index contributed by atoms with van der Waals surface area (Å²) in [5.74, 6) is -1.46. The van der Waals surface area contributed by atoms with E-state index in [1.165, 1.54) is 20.8 Å². The average Bonchev–Trinajstić information content (AvgIpc) is 2.29. The third-order valence-corrected chi connectivity index (χ3v) is 3.24. The topological polar surface area (TPSA) is 92.4 Å². The lowest BCUT2D eigenvalue weighted by molar-refractivity contribution is -0.151. The van der Waals surface area contributed by atoms with Gasteiger partial charge in [0.05, 0.1) is 5.41 Å². The lowest BCUT2D eigenvalue weighted by Crippen LogP contribution is -2.65. The van der Waals surface area contributed by atoms with Crippen molar-refractivity contribution in [2.24, 2.45) is 11.1 Å². The number of carboxylic acids is 1. The summed E-state index contributed by atoms with van der Waals surface area (Å²) < 4.78 is 0. The minimum atomic E-state index is -1.36. The minimum Gasteiger partial charge on any atom is -0.481 e. The van der Waals surface area contributed by atoms with Crippen LogP contribution in [-0.2, 0) is 4.79 Å². The van der Waals surface area contributed by atoms with Gasteiger partial charge < -0.3 is 16.2 Å². The first kappa shape index (κ1) is 14.2. The van der Waals surface area contributed by atoms with Crippen LogP contribution < -0.4 is 11.1 Å². The molecule has 1 aromatic rings. The predicted octanol–water partition coefficient (Wildman–Crippen LogP) is 1.20. The molecule has 0 radical (unpaired) electrons. The molecule has 5 heteroatoms. The van der Waals surface area contributed by atoms with Crippen LogP contribution in [0, 0.1) is 5.41 Å². The first-order valence-corrected chi connectivity index (χ1v) is 5.58. The standard InChI is InChI=1S/C13H18N2O3/c1-12(2,11(17)18)13(3,14)15-10(16)9-7-5-4-6-8-9/h4-8H,14H2,1-3H3,(H,15,16)(H,17,18). The molecule has 0 aliphatic heterocycles. The first-order chi connectivity index (χ1) is 8.18. The molecule has 18 heavy (non-hydrogen) atoms. The van der Waals surface area contributed by atoms with Crippen molar-refractivity contribution in [3.8, 4) is 0 Å². The van der Waals surface area contributed by atoms with E-state index in [1.54, 1.807) is 30.3 Å². The third-order valence-electron chi connectivity index (χ3n) is 3.24. The highest BCUT2D eigenvalue weighted by Gasteiger charge is 2.45. The molecule has 0 spiro atoms. The van der Waals surface area contributed by atoms with Gasteiger partial charge in [-0.25, -0.2) is 0 Å². The van der Waals surface area contributed by atoms with Gasteiger partial charge in [0.1, 0.15) is 5.66 Å². The number of rotatable bonds is 4. The molecule has 4 N–H and O–H groups in total. The molecule has 98 valence electrons. The van der Waals surface area contributed by atoms with Gasteiger partial charge in [0, 0.05) is 5.56 Å². The normalized spacial score (nSPS) is 14.7. The number of nitrogens with two attached hydrogens (primary N) is 1. The van der Waals surface area contributed by atoms with Crippen LogP contribution >= 0.6 is 0 Å². The van der Waals surface area contributed by atoms with Crippen LogP contribution in [0.2, 0.25) is 0 Å². The van der Waals surface area contributed by atoms with Crippen LogP contribution in [0.5, 0.6) is 0 Å². The SMILES string of the molecule is CC(N)(NC(=O)c1ccccc1)C(C)(C)C(=O)O. The molecule has 1 rings (SSSR count). The van der Waals surface area contributed by atoms with Gasteiger partial charge in [-0.3, -0.25) is 9.59 Å². The molecular weight excluding hydrogens is 232 g/mol. The van der Waals surface area contributed by atoms with Crippen molar-refractivity contribution in [3.63, 3.8) is 0 Å². The van der Waals surface area contributed by atoms with E-state index in [2.05, 4.69) is 5.32 Å². The van der Waals surface area contributed by atoms with Gasteiger partial charge in [0.2, 0.25) is 0 Å². The van der Waals surface area contributed by atoms with Crippen molar-refractivity contribution in [2.75, 3.05) is 0 Å². The maximum Gasteiger partial charge on any atom is 0.312 e. The van der Waals surface area contributed by atoms with Crippen molar-refractivity contribution in [1.29, 1.82) is 0 Å². The molecule has 0 saturated carbocycles. The quantitative estimate of drug-likeness (QED) is 0.700. The van der Waals surface area contributed by atoms with Crippen LogP contribution in [-0.4, -0.2) is 22.6 Å². The Morgan fingerprint density at radius 1 is 1.17 bits per heavy atom. The zero-order valence-electron chi connectivity index (χ0n) is 10.7. The summed E-state index contributed by atoms with van der Waals surface area (Å²) in [6.07, 6.45) is 0. The Labute approximate surface area is 106 Å². The first-order valence-electron chi connectivity index (χ1n) is 5.58. The fraction of sp³-hybridized carbons (Fsp3) is 0.385. The fourth-order valence-corrected chi connectivity index (χ4v) is 1.28. The van der Waals surface area contributed by atoms with Crippen molar-refractivity contribution < 1.29 is 14.7 Å². The lowest BCUT2D eigenvalue weighted by Gasteiger charge is -2.38. The second-order valence-corrected chi connectivity index (χ2v) is 4.95. The molecule has 1 unspecified atom stereocenters. The number of hydrogen-bond donors (Lipinski definition) is 3. The number of nitrogens with one attached hydrogen (secondary N) is 1. The second-order valence-electron chi connectivity index (χ2n) is 4.95. The van der Waals surface area contributed by atoms with Crippen molar-refractivity contribution in [2.45, 2.75) is 26.4 Å². The number of carboxylic acid groups (broad SMARTS) is 1. The number of amides is 1.